The Morgan fingerprint density at radius 2 is 1.50 bits per heavy atom. The number of carboxylic acids is 3. The maximum atomic E-state index is 14.2. The van der Waals surface area contributed by atoms with Crippen LogP contribution in [0, 0.1) is 0 Å². The Labute approximate surface area is 230 Å². The third-order valence-electron chi connectivity index (χ3n) is 6.55. The van der Waals surface area contributed by atoms with Crippen molar-refractivity contribution in [3.63, 3.8) is 0 Å². The highest BCUT2D eigenvalue weighted by molar-refractivity contribution is 8.00. The molecule has 0 saturated heterocycles. The van der Waals surface area contributed by atoms with E-state index in [-0.39, 0.29) is 28.8 Å². The highest BCUT2D eigenvalue weighted by Gasteiger charge is 2.36. The monoisotopic (exact) mass is 573 g/mol. The summed E-state index contributed by atoms with van der Waals surface area (Å²) < 4.78 is 39.1. The number of aryl methyl sites for hydroxylation is 1. The molecule has 208 valence electrons. The van der Waals surface area contributed by atoms with E-state index >= 15 is 0 Å². The average Bonchev–Trinajstić information content (AvgIpc) is 2.89. The summed E-state index contributed by atoms with van der Waals surface area (Å²) in [5.41, 5.74) is -5.90. The molecule has 0 saturated carbocycles. The van der Waals surface area contributed by atoms with Gasteiger partial charge in [-0.2, -0.15) is 13.2 Å². The van der Waals surface area contributed by atoms with Crippen molar-refractivity contribution in [1.29, 1.82) is 0 Å². The fourth-order valence-corrected chi connectivity index (χ4v) is 5.58. The molecule has 3 aromatic carbocycles. The fraction of sp³-hybridized carbons (Fsp3) is 0.214. The minimum Gasteiger partial charge on any atom is -0.478 e. The number of carbonyl (C=O) groups excluding carboxylic acids is 1. The van der Waals surface area contributed by atoms with E-state index in [1.54, 1.807) is 12.1 Å². The molecular weight excluding hydrogens is 551 g/mol. The summed E-state index contributed by atoms with van der Waals surface area (Å²) in [6.45, 7) is -0.292. The molecule has 40 heavy (non-hydrogen) atoms. The number of halogens is 3. The van der Waals surface area contributed by atoms with Gasteiger partial charge in [-0.05, 0) is 72.0 Å². The van der Waals surface area contributed by atoms with E-state index < -0.39 is 57.6 Å². The molecule has 0 heterocycles. The molecule has 0 aromatic heterocycles. The summed E-state index contributed by atoms with van der Waals surface area (Å²) in [5.74, 6) is -6.19. The lowest BCUT2D eigenvalue weighted by molar-refractivity contribution is -0.0328. The SMILES string of the molecule is O=C(O)c1ccc(C(=O)O)c(C(=O)N(Cc2cccc(SC(F)(F)F)c2)[C@H]2CCCc3ccccc32)c1C(=O)O. The molecule has 0 spiro atoms. The van der Waals surface area contributed by atoms with Crippen molar-refractivity contribution in [2.45, 2.75) is 42.3 Å². The fourth-order valence-electron chi connectivity index (χ4n) is 4.96. The molecule has 1 aliphatic rings. The number of carboxylic acid groups (broad SMARTS) is 3. The number of alkyl halides is 3. The van der Waals surface area contributed by atoms with Crippen molar-refractivity contribution in [3.8, 4) is 0 Å². The molecule has 0 aliphatic heterocycles. The Balaban J connectivity index is 1.91. The lowest BCUT2D eigenvalue weighted by Crippen LogP contribution is -2.38. The number of nitrogens with zero attached hydrogens (tertiary/aromatic N) is 1. The normalized spacial score (nSPS) is 14.7. The standard InChI is InChI=1S/C28H22F3NO7S/c29-28(30,31)40-17-8-3-5-15(13-17)14-32(21-10-4-7-16-6-1-2-9-18(16)21)24(33)22-19(25(34)35)11-12-20(26(36)37)23(22)27(38)39/h1-3,5-6,8-9,11-13,21H,4,7,10,14H2,(H,34,35)(H,36,37)(H,38,39)/t21-/m0/s1. The van der Waals surface area contributed by atoms with Crippen molar-refractivity contribution in [2.75, 3.05) is 0 Å². The van der Waals surface area contributed by atoms with Crippen molar-refractivity contribution >= 4 is 35.6 Å². The first-order chi connectivity index (χ1) is 18.9. The second-order valence-electron chi connectivity index (χ2n) is 9.06. The first-order valence-electron chi connectivity index (χ1n) is 12.0. The van der Waals surface area contributed by atoms with Crippen molar-refractivity contribution in [2.24, 2.45) is 0 Å². The summed E-state index contributed by atoms with van der Waals surface area (Å²) in [6, 6.07) is 13.6. The predicted molar refractivity (Wildman–Crippen MR) is 138 cm³/mol. The summed E-state index contributed by atoms with van der Waals surface area (Å²) in [7, 11) is 0. The first-order valence-corrected chi connectivity index (χ1v) is 12.8. The molecule has 4 rings (SSSR count). The van der Waals surface area contributed by atoms with Gasteiger partial charge in [0.05, 0.1) is 28.3 Å². The van der Waals surface area contributed by atoms with Crippen LogP contribution in [0.15, 0.2) is 65.6 Å². The highest BCUT2D eigenvalue weighted by atomic mass is 32.2. The number of amides is 1. The Hall–Kier alpha value is -4.32. The summed E-state index contributed by atoms with van der Waals surface area (Å²) in [4.78, 5) is 51.5. The van der Waals surface area contributed by atoms with Crippen LogP contribution in [-0.4, -0.2) is 49.5 Å². The summed E-state index contributed by atoms with van der Waals surface area (Å²) in [6.07, 6.45) is 1.73. The highest BCUT2D eigenvalue weighted by Crippen LogP contribution is 2.39. The zero-order valence-corrected chi connectivity index (χ0v) is 21.5. The number of rotatable bonds is 8. The largest absolute Gasteiger partial charge is 0.478 e. The lowest BCUT2D eigenvalue weighted by Gasteiger charge is -2.37. The van der Waals surface area contributed by atoms with Gasteiger partial charge in [-0.15, -0.1) is 0 Å². The maximum absolute atomic E-state index is 14.2. The van der Waals surface area contributed by atoms with Crippen LogP contribution in [-0.2, 0) is 13.0 Å². The van der Waals surface area contributed by atoms with Gasteiger partial charge in [0.15, 0.2) is 0 Å². The van der Waals surface area contributed by atoms with Crippen LogP contribution >= 0.6 is 11.8 Å². The maximum Gasteiger partial charge on any atom is 0.446 e. The third kappa shape index (κ3) is 6.12. The molecule has 3 aromatic rings. The second kappa shape index (κ2) is 11.4. The molecule has 0 unspecified atom stereocenters. The number of thioether (sulfide) groups is 1. The summed E-state index contributed by atoms with van der Waals surface area (Å²) in [5, 5.41) is 29.3. The van der Waals surface area contributed by atoms with Gasteiger partial charge in [0.2, 0.25) is 0 Å². The topological polar surface area (TPSA) is 132 Å². The van der Waals surface area contributed by atoms with Gasteiger partial charge in [0, 0.05) is 11.4 Å². The Morgan fingerprint density at radius 3 is 2.12 bits per heavy atom. The van der Waals surface area contributed by atoms with Gasteiger partial charge >= 0.3 is 23.4 Å². The van der Waals surface area contributed by atoms with E-state index in [1.165, 1.54) is 29.2 Å². The number of carbonyl (C=O) groups is 4. The number of aromatic carboxylic acids is 3. The van der Waals surface area contributed by atoms with Crippen molar-refractivity contribution < 1.29 is 47.7 Å². The van der Waals surface area contributed by atoms with E-state index in [4.69, 9.17) is 0 Å². The number of hydrogen-bond donors (Lipinski definition) is 3. The van der Waals surface area contributed by atoms with Crippen LogP contribution in [0.1, 0.15) is 77.0 Å². The second-order valence-corrected chi connectivity index (χ2v) is 10.2. The van der Waals surface area contributed by atoms with Crippen LogP contribution in [0.2, 0.25) is 0 Å². The molecular formula is C28H22F3NO7S. The average molecular weight is 574 g/mol. The quantitative estimate of drug-likeness (QED) is 0.275. The number of fused-ring (bicyclic) bond motifs is 1. The van der Waals surface area contributed by atoms with E-state index in [0.29, 0.717) is 19.3 Å². The van der Waals surface area contributed by atoms with Crippen LogP contribution in [0.3, 0.4) is 0 Å². The number of benzene rings is 3. The molecule has 1 aliphatic carbocycles. The van der Waals surface area contributed by atoms with E-state index in [9.17, 15) is 47.7 Å². The van der Waals surface area contributed by atoms with Crippen LogP contribution in [0.4, 0.5) is 13.2 Å². The Kier molecular flexibility index (Phi) is 8.19. The molecule has 1 atom stereocenters. The lowest BCUT2D eigenvalue weighted by atomic mass is 9.85. The van der Waals surface area contributed by atoms with Crippen LogP contribution in [0.25, 0.3) is 0 Å². The zero-order chi connectivity index (χ0) is 29.2. The van der Waals surface area contributed by atoms with Gasteiger partial charge < -0.3 is 20.2 Å². The smallest absolute Gasteiger partial charge is 0.446 e. The van der Waals surface area contributed by atoms with E-state index in [0.717, 1.165) is 23.3 Å². The molecule has 3 N–H and O–H groups in total. The van der Waals surface area contributed by atoms with Gasteiger partial charge in [0.25, 0.3) is 5.91 Å². The van der Waals surface area contributed by atoms with Gasteiger partial charge in [-0.25, -0.2) is 14.4 Å². The molecule has 1 amide bonds. The zero-order valence-electron chi connectivity index (χ0n) is 20.6. The summed E-state index contributed by atoms with van der Waals surface area (Å²) >= 11 is -0.335. The molecule has 8 nitrogen and oxygen atoms in total. The Bertz CT molecular complexity index is 1510. The molecule has 12 heteroatoms. The van der Waals surface area contributed by atoms with Gasteiger partial charge in [-0.1, -0.05) is 36.4 Å². The first kappa shape index (κ1) is 28.7. The minimum absolute atomic E-state index is 0.133. The number of hydrogen-bond acceptors (Lipinski definition) is 5. The van der Waals surface area contributed by atoms with Crippen molar-refractivity contribution in [3.05, 3.63) is 99.6 Å². The van der Waals surface area contributed by atoms with Gasteiger partial charge in [-0.3, -0.25) is 4.79 Å². The molecule has 0 radical (unpaired) electrons. The van der Waals surface area contributed by atoms with E-state index in [2.05, 4.69) is 0 Å². The molecule has 0 fully saturated rings. The van der Waals surface area contributed by atoms with Crippen LogP contribution in [0.5, 0.6) is 0 Å². The third-order valence-corrected chi connectivity index (χ3v) is 7.27. The molecule has 0 bridgehead atoms. The van der Waals surface area contributed by atoms with Crippen molar-refractivity contribution in [1.82, 2.24) is 4.90 Å². The predicted octanol–water partition coefficient (Wildman–Crippen LogP) is 6.11. The van der Waals surface area contributed by atoms with E-state index in [1.807, 2.05) is 12.1 Å². The minimum atomic E-state index is -4.56. The Morgan fingerprint density at radius 1 is 0.850 bits per heavy atom. The van der Waals surface area contributed by atoms with Crippen LogP contribution < -0.4 is 0 Å². The van der Waals surface area contributed by atoms with Gasteiger partial charge in [0.1, 0.15) is 0 Å².